The molecule has 1 aliphatic heterocycles. The molecule has 0 bridgehead atoms. The average molecular weight is 282 g/mol. The molecule has 0 spiro atoms. The second-order valence-corrected chi connectivity index (χ2v) is 4.90. The van der Waals surface area contributed by atoms with Gasteiger partial charge in [0.15, 0.2) is 0 Å². The molecule has 2 rings (SSSR count). The van der Waals surface area contributed by atoms with Crippen molar-refractivity contribution in [2.24, 2.45) is 7.05 Å². The van der Waals surface area contributed by atoms with Crippen LogP contribution in [0.2, 0.25) is 0 Å². The fourth-order valence-electron chi connectivity index (χ4n) is 2.29. The van der Waals surface area contributed by atoms with Gasteiger partial charge in [0, 0.05) is 32.8 Å². The SMILES string of the molecule is Cn1cc(CCNC(=O)N2C[C@H](O)C[C@H]2C(=O)O)cn1. The fraction of sp³-hybridized carbons (Fsp3) is 0.583. The van der Waals surface area contributed by atoms with Gasteiger partial charge in [-0.3, -0.25) is 4.68 Å². The molecule has 0 aliphatic carbocycles. The fourth-order valence-corrected chi connectivity index (χ4v) is 2.29. The lowest BCUT2D eigenvalue weighted by atomic mass is 10.2. The minimum Gasteiger partial charge on any atom is -0.480 e. The molecule has 1 aliphatic rings. The molecule has 0 radical (unpaired) electrons. The van der Waals surface area contributed by atoms with Crippen LogP contribution in [0.5, 0.6) is 0 Å². The lowest BCUT2D eigenvalue weighted by molar-refractivity contribution is -0.141. The smallest absolute Gasteiger partial charge is 0.326 e. The third-order valence-electron chi connectivity index (χ3n) is 3.27. The molecule has 8 heteroatoms. The number of rotatable bonds is 4. The van der Waals surface area contributed by atoms with E-state index in [2.05, 4.69) is 10.4 Å². The number of hydrogen-bond acceptors (Lipinski definition) is 4. The van der Waals surface area contributed by atoms with Crippen molar-refractivity contribution in [3.8, 4) is 0 Å². The van der Waals surface area contributed by atoms with Crippen LogP contribution >= 0.6 is 0 Å². The normalized spacial score (nSPS) is 22.0. The van der Waals surface area contributed by atoms with Crippen LogP contribution in [0.1, 0.15) is 12.0 Å². The first-order valence-electron chi connectivity index (χ1n) is 6.40. The standard InChI is InChI=1S/C12H18N4O4/c1-15-6-8(5-14-15)2-3-13-12(20)16-7-9(17)4-10(16)11(18)19/h5-6,9-10,17H,2-4,7H2,1H3,(H,13,20)(H,18,19)/t9-,10+/m1/s1. The third kappa shape index (κ3) is 3.27. The largest absolute Gasteiger partial charge is 0.480 e. The predicted octanol–water partition coefficient (Wildman–Crippen LogP) is -0.808. The number of carboxylic acids is 1. The average Bonchev–Trinajstić information content (AvgIpc) is 2.95. The van der Waals surface area contributed by atoms with Gasteiger partial charge < -0.3 is 20.4 Å². The molecule has 2 heterocycles. The Morgan fingerprint density at radius 2 is 2.30 bits per heavy atom. The van der Waals surface area contributed by atoms with Gasteiger partial charge in [0.25, 0.3) is 0 Å². The Morgan fingerprint density at radius 3 is 2.90 bits per heavy atom. The van der Waals surface area contributed by atoms with Crippen molar-refractivity contribution >= 4 is 12.0 Å². The Labute approximate surface area is 116 Å². The highest BCUT2D eigenvalue weighted by atomic mass is 16.4. The van der Waals surface area contributed by atoms with E-state index in [1.807, 2.05) is 13.2 Å². The topological polar surface area (TPSA) is 108 Å². The Kier molecular flexibility index (Phi) is 4.23. The van der Waals surface area contributed by atoms with Gasteiger partial charge in [-0.2, -0.15) is 5.10 Å². The number of likely N-dealkylation sites (tertiary alicyclic amines) is 1. The maximum Gasteiger partial charge on any atom is 0.326 e. The molecule has 2 atom stereocenters. The quantitative estimate of drug-likeness (QED) is 0.669. The van der Waals surface area contributed by atoms with Gasteiger partial charge >= 0.3 is 12.0 Å². The summed E-state index contributed by atoms with van der Waals surface area (Å²) in [6, 6.07) is -1.42. The number of nitrogens with zero attached hydrogens (tertiary/aromatic N) is 3. The van der Waals surface area contributed by atoms with Crippen molar-refractivity contribution in [2.75, 3.05) is 13.1 Å². The summed E-state index contributed by atoms with van der Waals surface area (Å²) in [6.45, 7) is 0.444. The van der Waals surface area contributed by atoms with Crippen molar-refractivity contribution in [3.05, 3.63) is 18.0 Å². The van der Waals surface area contributed by atoms with Crippen LogP contribution in [-0.4, -0.2) is 62.1 Å². The van der Waals surface area contributed by atoms with Gasteiger partial charge in [0.2, 0.25) is 0 Å². The van der Waals surface area contributed by atoms with Gasteiger partial charge in [-0.05, 0) is 12.0 Å². The first kappa shape index (κ1) is 14.3. The minimum absolute atomic E-state index is 0.0513. The van der Waals surface area contributed by atoms with E-state index in [-0.39, 0.29) is 13.0 Å². The van der Waals surface area contributed by atoms with Gasteiger partial charge in [0.1, 0.15) is 6.04 Å². The number of β-amino-alcohol motifs (C(OH)–C–C–N with tert-alkyl or cyclic N) is 1. The van der Waals surface area contributed by atoms with E-state index in [9.17, 15) is 14.7 Å². The van der Waals surface area contributed by atoms with E-state index in [1.165, 1.54) is 0 Å². The summed E-state index contributed by atoms with van der Waals surface area (Å²) in [6.07, 6.45) is 3.48. The number of hydrogen-bond donors (Lipinski definition) is 3. The van der Waals surface area contributed by atoms with Crippen LogP contribution in [0.3, 0.4) is 0 Å². The molecule has 1 aromatic rings. The Bertz CT molecular complexity index is 501. The second-order valence-electron chi connectivity index (χ2n) is 4.90. The lowest BCUT2D eigenvalue weighted by Gasteiger charge is -2.21. The van der Waals surface area contributed by atoms with Crippen LogP contribution in [-0.2, 0) is 18.3 Å². The van der Waals surface area contributed by atoms with E-state index >= 15 is 0 Å². The Balaban J connectivity index is 1.83. The first-order valence-corrected chi connectivity index (χ1v) is 6.40. The molecule has 20 heavy (non-hydrogen) atoms. The summed E-state index contributed by atoms with van der Waals surface area (Å²) in [5, 5.41) is 25.2. The number of aliphatic carboxylic acids is 1. The summed E-state index contributed by atoms with van der Waals surface area (Å²) in [7, 11) is 1.81. The molecule has 0 aromatic carbocycles. The van der Waals surface area contributed by atoms with Crippen molar-refractivity contribution < 1.29 is 19.8 Å². The van der Waals surface area contributed by atoms with Crippen LogP contribution in [0.25, 0.3) is 0 Å². The number of aliphatic hydroxyl groups excluding tert-OH is 1. The summed E-state index contributed by atoms with van der Waals surface area (Å²) < 4.78 is 1.68. The highest BCUT2D eigenvalue weighted by Crippen LogP contribution is 2.18. The first-order chi connectivity index (χ1) is 9.47. The van der Waals surface area contributed by atoms with E-state index in [0.717, 1.165) is 10.5 Å². The number of carbonyl (C=O) groups excluding carboxylic acids is 1. The molecule has 1 aromatic heterocycles. The number of aliphatic hydroxyl groups is 1. The number of carbonyl (C=O) groups is 2. The van der Waals surface area contributed by atoms with Crippen LogP contribution < -0.4 is 5.32 Å². The van der Waals surface area contributed by atoms with E-state index in [1.54, 1.807) is 10.9 Å². The zero-order chi connectivity index (χ0) is 14.7. The number of nitrogens with one attached hydrogen (secondary N) is 1. The molecule has 1 saturated heterocycles. The third-order valence-corrected chi connectivity index (χ3v) is 3.27. The predicted molar refractivity (Wildman–Crippen MR) is 69.1 cm³/mol. The number of aryl methyl sites for hydroxylation is 1. The maximum absolute atomic E-state index is 11.9. The van der Waals surface area contributed by atoms with Crippen molar-refractivity contribution in [1.82, 2.24) is 20.0 Å². The summed E-state index contributed by atoms with van der Waals surface area (Å²) in [5.74, 6) is -1.09. The summed E-state index contributed by atoms with van der Waals surface area (Å²) >= 11 is 0. The molecule has 8 nitrogen and oxygen atoms in total. The highest BCUT2D eigenvalue weighted by molar-refractivity contribution is 5.83. The van der Waals surface area contributed by atoms with Crippen LogP contribution in [0, 0.1) is 0 Å². The molecule has 2 amide bonds. The van der Waals surface area contributed by atoms with Gasteiger partial charge in [-0.25, -0.2) is 9.59 Å². The summed E-state index contributed by atoms with van der Waals surface area (Å²) in [4.78, 5) is 24.1. The number of carboxylic acid groups (broad SMARTS) is 1. The number of amides is 2. The number of aromatic nitrogens is 2. The number of urea groups is 1. The maximum atomic E-state index is 11.9. The lowest BCUT2D eigenvalue weighted by Crippen LogP contribution is -2.46. The van der Waals surface area contributed by atoms with Gasteiger partial charge in [-0.1, -0.05) is 0 Å². The van der Waals surface area contributed by atoms with Gasteiger partial charge in [-0.15, -0.1) is 0 Å². The Hall–Kier alpha value is -2.09. The molecule has 3 N–H and O–H groups in total. The Morgan fingerprint density at radius 1 is 1.55 bits per heavy atom. The zero-order valence-electron chi connectivity index (χ0n) is 11.2. The second kappa shape index (κ2) is 5.91. The summed E-state index contributed by atoms with van der Waals surface area (Å²) in [5.41, 5.74) is 0.990. The van der Waals surface area contributed by atoms with E-state index in [0.29, 0.717) is 13.0 Å². The monoisotopic (exact) mass is 282 g/mol. The van der Waals surface area contributed by atoms with Crippen molar-refractivity contribution in [1.29, 1.82) is 0 Å². The van der Waals surface area contributed by atoms with Gasteiger partial charge in [0.05, 0.1) is 12.3 Å². The zero-order valence-corrected chi connectivity index (χ0v) is 11.2. The molecule has 0 saturated carbocycles. The highest BCUT2D eigenvalue weighted by Gasteiger charge is 2.38. The molecule has 0 unspecified atom stereocenters. The molecular weight excluding hydrogens is 264 g/mol. The van der Waals surface area contributed by atoms with Crippen LogP contribution in [0.15, 0.2) is 12.4 Å². The molecule has 110 valence electrons. The molecular formula is C12H18N4O4. The molecule has 1 fully saturated rings. The van der Waals surface area contributed by atoms with E-state index in [4.69, 9.17) is 5.11 Å². The minimum atomic E-state index is -1.09. The van der Waals surface area contributed by atoms with Crippen molar-refractivity contribution in [3.63, 3.8) is 0 Å². The van der Waals surface area contributed by atoms with Crippen molar-refractivity contribution in [2.45, 2.75) is 25.0 Å². The van der Waals surface area contributed by atoms with E-state index < -0.39 is 24.1 Å². The van der Waals surface area contributed by atoms with Crippen LogP contribution in [0.4, 0.5) is 4.79 Å².